The van der Waals surface area contributed by atoms with E-state index in [0.29, 0.717) is 59.2 Å². The van der Waals surface area contributed by atoms with Crippen molar-refractivity contribution < 1.29 is 18.8 Å². The number of hydrogen-bond donors (Lipinski definition) is 1. The number of nitrogens with zero attached hydrogens (tertiary/aromatic N) is 2. The molecule has 4 aromatic carbocycles. The monoisotopic (exact) mass is 630 g/mol. The number of aromatic nitrogens is 1. The average molecular weight is 632 g/mol. The summed E-state index contributed by atoms with van der Waals surface area (Å²) in [5.74, 6) is -1.56. The molecule has 42 heavy (non-hydrogen) atoms. The van der Waals surface area contributed by atoms with Crippen molar-refractivity contribution in [3.8, 4) is 39.6 Å². The Morgan fingerprint density at radius 2 is 1.71 bits per heavy atom. The van der Waals surface area contributed by atoms with E-state index in [4.69, 9.17) is 23.2 Å². The topological polar surface area (TPSA) is 89.1 Å². The predicted octanol–water partition coefficient (Wildman–Crippen LogP) is 9.29. The van der Waals surface area contributed by atoms with E-state index in [1.165, 1.54) is 35.6 Å². The Bertz CT molecular complexity index is 2050. The van der Waals surface area contributed by atoms with Crippen LogP contribution in [0.5, 0.6) is 0 Å². The number of halogens is 3. The molecule has 1 unspecified atom stereocenters. The Labute approximate surface area is 256 Å². The minimum Gasteiger partial charge on any atom is -0.587 e. The van der Waals surface area contributed by atoms with Crippen LogP contribution in [-0.2, 0) is 11.4 Å². The fraction of sp³-hybridized carbons (Fsp3) is 0. The quantitative estimate of drug-likeness (QED) is 0.186. The van der Waals surface area contributed by atoms with E-state index in [9.17, 15) is 24.1 Å². The third-order valence-corrected chi connectivity index (χ3v) is 9.54. The van der Waals surface area contributed by atoms with E-state index in [2.05, 4.69) is 6.07 Å². The molecule has 0 fully saturated rings. The second kappa shape index (κ2) is 11.3. The van der Waals surface area contributed by atoms with Crippen LogP contribution in [0.15, 0.2) is 101 Å². The van der Waals surface area contributed by atoms with Crippen molar-refractivity contribution in [2.45, 2.75) is 4.90 Å². The van der Waals surface area contributed by atoms with Crippen LogP contribution in [0.4, 0.5) is 4.39 Å². The van der Waals surface area contributed by atoms with Gasteiger partial charge in [-0.2, -0.15) is 9.23 Å². The van der Waals surface area contributed by atoms with Gasteiger partial charge in [0, 0.05) is 37.7 Å². The third-order valence-electron chi connectivity index (χ3n) is 6.77. The third kappa shape index (κ3) is 4.96. The summed E-state index contributed by atoms with van der Waals surface area (Å²) in [5, 5.41) is 22.3. The zero-order valence-electron chi connectivity index (χ0n) is 21.3. The Kier molecular flexibility index (Phi) is 7.54. The predicted molar refractivity (Wildman–Crippen MR) is 166 cm³/mol. The van der Waals surface area contributed by atoms with Crippen LogP contribution in [0, 0.1) is 17.1 Å². The van der Waals surface area contributed by atoms with E-state index in [-0.39, 0.29) is 10.6 Å². The van der Waals surface area contributed by atoms with Crippen LogP contribution in [0.3, 0.4) is 0 Å². The van der Waals surface area contributed by atoms with Crippen LogP contribution >= 0.6 is 34.5 Å². The zero-order chi connectivity index (χ0) is 29.5. The van der Waals surface area contributed by atoms with Crippen LogP contribution in [0.2, 0.25) is 10.0 Å². The Morgan fingerprint density at radius 1 is 0.952 bits per heavy atom. The number of rotatable bonds is 6. The number of thiophene rings is 1. The lowest BCUT2D eigenvalue weighted by Gasteiger charge is -2.17. The van der Waals surface area contributed by atoms with E-state index >= 15 is 0 Å². The van der Waals surface area contributed by atoms with Crippen molar-refractivity contribution >= 4 is 62.8 Å². The summed E-state index contributed by atoms with van der Waals surface area (Å²) in [6, 6.07) is 26.8. The van der Waals surface area contributed by atoms with Gasteiger partial charge in [-0.25, -0.2) is 9.18 Å². The summed E-state index contributed by atoms with van der Waals surface area (Å²) in [6.45, 7) is 0. The number of nitriles is 1. The average Bonchev–Trinajstić information content (AvgIpc) is 3.59. The molecule has 0 spiro atoms. The van der Waals surface area contributed by atoms with Crippen molar-refractivity contribution in [2.24, 2.45) is 0 Å². The summed E-state index contributed by atoms with van der Waals surface area (Å²) in [7, 11) is 0. The van der Waals surface area contributed by atoms with E-state index in [0.717, 1.165) is 0 Å². The molecule has 0 bridgehead atoms. The van der Waals surface area contributed by atoms with Crippen LogP contribution in [0.25, 0.3) is 44.4 Å². The first-order valence-electron chi connectivity index (χ1n) is 12.4. The molecule has 206 valence electrons. The normalized spacial score (nSPS) is 11.9. The first kappa shape index (κ1) is 28.0. The van der Waals surface area contributed by atoms with Crippen LogP contribution in [0.1, 0.15) is 15.2 Å². The van der Waals surface area contributed by atoms with Gasteiger partial charge in [-0.05, 0) is 77.7 Å². The summed E-state index contributed by atoms with van der Waals surface area (Å²) in [4.78, 5) is 12.3. The molecule has 0 radical (unpaired) electrons. The molecule has 0 saturated carbocycles. The van der Waals surface area contributed by atoms with Crippen molar-refractivity contribution in [3.05, 3.63) is 123 Å². The van der Waals surface area contributed by atoms with E-state index in [1.54, 1.807) is 51.8 Å². The number of benzene rings is 4. The molecule has 6 rings (SSSR count). The molecule has 1 N–H and O–H groups in total. The summed E-state index contributed by atoms with van der Waals surface area (Å²) >= 11 is 12.1. The molecule has 0 saturated heterocycles. The van der Waals surface area contributed by atoms with Gasteiger partial charge < -0.3 is 9.66 Å². The summed E-state index contributed by atoms with van der Waals surface area (Å²) < 4.78 is 30.7. The van der Waals surface area contributed by atoms with Crippen LogP contribution in [-0.4, -0.2) is 19.6 Å². The highest BCUT2D eigenvalue weighted by Gasteiger charge is 2.30. The lowest BCUT2D eigenvalue weighted by molar-refractivity contribution is 0.0697. The SMILES string of the molecule is N#Cc1sccc1-c1c(-c2cccc(-c3ccc(C(=O)O)cc3Cl)c2)n([S+]([O-])c2ccc(Cl)cc2)c2ccc(F)cc12. The minimum atomic E-state index is -1.80. The zero-order valence-corrected chi connectivity index (χ0v) is 24.5. The standard InChI is InChI=1S/C32H17Cl2FN2O3S2/c33-21-5-8-23(9-6-21)42(40)37-28-11-7-22(35)16-26(28)30(25-12-13-41-29(25)17-36)31(37)19-3-1-2-18(14-19)24-10-4-20(32(38)39)15-27(24)34/h1-16H,(H,38,39). The van der Waals surface area contributed by atoms with Crippen molar-refractivity contribution in [2.75, 3.05) is 0 Å². The van der Waals surface area contributed by atoms with Gasteiger partial charge in [0.15, 0.2) is 4.90 Å². The number of fused-ring (bicyclic) bond motifs is 1. The fourth-order valence-corrected chi connectivity index (χ4v) is 7.29. The Balaban J connectivity index is 1.67. The van der Waals surface area contributed by atoms with Gasteiger partial charge in [0.2, 0.25) is 0 Å². The van der Waals surface area contributed by atoms with Gasteiger partial charge in [-0.3, -0.25) is 0 Å². The molecule has 1 atom stereocenters. The maximum absolute atomic E-state index is 14.8. The number of carboxylic acids is 1. The molecule has 0 aliphatic carbocycles. The van der Waals surface area contributed by atoms with Crippen molar-refractivity contribution in [1.29, 1.82) is 5.26 Å². The number of carbonyl (C=O) groups is 1. The second-order valence-corrected chi connectivity index (χ2v) is 12.3. The first-order chi connectivity index (χ1) is 20.3. The maximum Gasteiger partial charge on any atom is 0.335 e. The van der Waals surface area contributed by atoms with Crippen molar-refractivity contribution in [1.82, 2.24) is 3.97 Å². The highest BCUT2D eigenvalue weighted by molar-refractivity contribution is 7.90. The van der Waals surface area contributed by atoms with Gasteiger partial charge in [0.25, 0.3) is 0 Å². The molecule has 0 amide bonds. The number of hydrogen-bond acceptors (Lipinski definition) is 4. The summed E-state index contributed by atoms with van der Waals surface area (Å²) in [5.41, 5.74) is 4.16. The van der Waals surface area contributed by atoms with Gasteiger partial charge >= 0.3 is 5.97 Å². The lowest BCUT2D eigenvalue weighted by Crippen LogP contribution is -2.14. The molecular formula is C32H17Cl2FN2O3S2. The Hall–Kier alpha value is -4.10. The molecule has 6 aromatic rings. The molecular weight excluding hydrogens is 614 g/mol. The highest BCUT2D eigenvalue weighted by atomic mass is 35.5. The number of aromatic carboxylic acids is 1. The smallest absolute Gasteiger partial charge is 0.335 e. The van der Waals surface area contributed by atoms with Crippen molar-refractivity contribution in [3.63, 3.8) is 0 Å². The van der Waals surface area contributed by atoms with Gasteiger partial charge in [0.1, 0.15) is 33.8 Å². The molecule has 2 heterocycles. The highest BCUT2D eigenvalue weighted by Crippen LogP contribution is 2.46. The fourth-order valence-electron chi connectivity index (χ4n) is 4.91. The minimum absolute atomic E-state index is 0.0594. The van der Waals surface area contributed by atoms with E-state index < -0.39 is 23.1 Å². The molecule has 0 aliphatic heterocycles. The maximum atomic E-state index is 14.8. The van der Waals surface area contributed by atoms with Gasteiger partial charge in [-0.1, -0.05) is 47.5 Å². The molecule has 5 nitrogen and oxygen atoms in total. The second-order valence-electron chi connectivity index (χ2n) is 9.24. The molecule has 2 aromatic heterocycles. The molecule has 0 aliphatic rings. The van der Waals surface area contributed by atoms with E-state index in [1.807, 2.05) is 24.3 Å². The number of carboxylic acid groups (broad SMARTS) is 1. The van der Waals surface area contributed by atoms with Gasteiger partial charge in [0.05, 0.1) is 11.1 Å². The largest absolute Gasteiger partial charge is 0.587 e. The Morgan fingerprint density at radius 3 is 2.43 bits per heavy atom. The van der Waals surface area contributed by atoms with Gasteiger partial charge in [-0.15, -0.1) is 11.3 Å². The first-order valence-corrected chi connectivity index (χ1v) is 15.1. The lowest BCUT2D eigenvalue weighted by atomic mass is 9.96. The summed E-state index contributed by atoms with van der Waals surface area (Å²) in [6.07, 6.45) is 0. The molecule has 10 heteroatoms. The van der Waals surface area contributed by atoms with Crippen LogP contribution < -0.4 is 0 Å².